The topological polar surface area (TPSA) is 106 Å². The SMILES string of the molecule is CC.CC.CCCC(N=C(N)c1ccc2c(c1)CCC2(F)F)c1cc(CCCCC2CC(=O)NC(N)=N2)ccc1C.FCC(F)F. The number of carbonyl (C=O) groups is 1. The van der Waals surface area contributed by atoms with Crippen LogP contribution < -0.4 is 16.8 Å². The van der Waals surface area contributed by atoms with E-state index in [4.69, 9.17) is 16.5 Å². The Balaban J connectivity index is 0.00000106. The molecular weight excluding hydrogens is 601 g/mol. The number of hydrogen-bond acceptors (Lipinski definition) is 4. The number of halogens is 5. The summed E-state index contributed by atoms with van der Waals surface area (Å²) < 4.78 is 59.2. The number of fused-ring (bicyclic) bond motifs is 1. The van der Waals surface area contributed by atoms with Gasteiger partial charge in [0.25, 0.3) is 12.3 Å². The number of carbonyl (C=O) groups excluding carboxylic acids is 1. The first-order valence-electron chi connectivity index (χ1n) is 16.3. The fraction of sp³-hybridized carbons (Fsp3) is 0.571. The number of rotatable bonds is 11. The molecule has 6 nitrogen and oxygen atoms in total. The van der Waals surface area contributed by atoms with Crippen molar-refractivity contribution in [2.75, 3.05) is 6.67 Å². The van der Waals surface area contributed by atoms with Gasteiger partial charge in [0.15, 0.2) is 12.6 Å². The smallest absolute Gasteiger partial charge is 0.273 e. The van der Waals surface area contributed by atoms with Gasteiger partial charge in [0, 0.05) is 24.0 Å². The summed E-state index contributed by atoms with van der Waals surface area (Å²) >= 11 is 0. The summed E-state index contributed by atoms with van der Waals surface area (Å²) in [5, 5.41) is 2.53. The Kier molecular flexibility index (Phi) is 18.1. The highest BCUT2D eigenvalue weighted by molar-refractivity contribution is 5.98. The number of amides is 1. The number of guanidine groups is 1. The van der Waals surface area contributed by atoms with Crippen LogP contribution in [-0.4, -0.2) is 36.8 Å². The van der Waals surface area contributed by atoms with Gasteiger partial charge in [-0.25, -0.2) is 26.9 Å². The van der Waals surface area contributed by atoms with Gasteiger partial charge in [0.1, 0.15) is 5.84 Å². The lowest BCUT2D eigenvalue weighted by Crippen LogP contribution is -2.43. The van der Waals surface area contributed by atoms with E-state index in [2.05, 4.69) is 42.4 Å². The van der Waals surface area contributed by atoms with Crippen molar-refractivity contribution in [2.45, 2.75) is 124 Å². The zero-order valence-corrected chi connectivity index (χ0v) is 28.1. The molecule has 1 aliphatic carbocycles. The number of nitrogens with two attached hydrogens (primary N) is 2. The van der Waals surface area contributed by atoms with E-state index in [1.54, 1.807) is 12.1 Å². The molecule has 4 rings (SSSR count). The molecule has 11 heteroatoms. The average molecular weight is 654 g/mol. The minimum absolute atomic E-state index is 0.0426. The first-order valence-corrected chi connectivity index (χ1v) is 16.3. The molecule has 0 radical (unpaired) electrons. The summed E-state index contributed by atoms with van der Waals surface area (Å²) in [4.78, 5) is 20.9. The van der Waals surface area contributed by atoms with E-state index < -0.39 is 19.0 Å². The number of benzene rings is 2. The van der Waals surface area contributed by atoms with Crippen LogP contribution in [0.15, 0.2) is 46.4 Å². The number of alkyl halides is 5. The third-order valence-corrected chi connectivity index (χ3v) is 7.44. The van der Waals surface area contributed by atoms with Gasteiger partial charge in [-0.15, -0.1) is 0 Å². The zero-order valence-electron chi connectivity index (χ0n) is 28.1. The number of amidine groups is 1. The summed E-state index contributed by atoms with van der Waals surface area (Å²) in [5.41, 5.74) is 17.1. The molecule has 0 bridgehead atoms. The monoisotopic (exact) mass is 653 g/mol. The highest BCUT2D eigenvalue weighted by atomic mass is 19.3. The summed E-state index contributed by atoms with van der Waals surface area (Å²) in [5.74, 6) is -2.23. The Hall–Kier alpha value is -3.50. The Morgan fingerprint density at radius 1 is 1.11 bits per heavy atom. The molecule has 258 valence electrons. The Morgan fingerprint density at radius 2 is 1.78 bits per heavy atom. The van der Waals surface area contributed by atoms with Gasteiger partial charge in [-0.05, 0) is 67.3 Å². The van der Waals surface area contributed by atoms with Gasteiger partial charge in [-0.2, -0.15) is 0 Å². The molecular formula is C35H52F5N5O. The van der Waals surface area contributed by atoms with Crippen LogP contribution in [0.5, 0.6) is 0 Å². The van der Waals surface area contributed by atoms with E-state index in [1.807, 2.05) is 27.7 Å². The van der Waals surface area contributed by atoms with Crippen molar-refractivity contribution in [1.29, 1.82) is 0 Å². The van der Waals surface area contributed by atoms with Crippen LogP contribution in [0.25, 0.3) is 0 Å². The van der Waals surface area contributed by atoms with E-state index >= 15 is 0 Å². The molecule has 2 aliphatic rings. The molecule has 2 aromatic carbocycles. The van der Waals surface area contributed by atoms with Gasteiger partial charge in [0.2, 0.25) is 5.91 Å². The molecule has 1 aliphatic heterocycles. The second-order valence-corrected chi connectivity index (χ2v) is 10.8. The first-order chi connectivity index (χ1) is 21.9. The Bertz CT molecular complexity index is 1280. The van der Waals surface area contributed by atoms with Crippen molar-refractivity contribution in [1.82, 2.24) is 5.32 Å². The van der Waals surface area contributed by atoms with Crippen molar-refractivity contribution in [2.24, 2.45) is 21.5 Å². The predicted octanol–water partition coefficient (Wildman–Crippen LogP) is 8.47. The molecule has 0 saturated heterocycles. The molecule has 1 heterocycles. The van der Waals surface area contributed by atoms with Crippen molar-refractivity contribution in [3.8, 4) is 0 Å². The van der Waals surface area contributed by atoms with Gasteiger partial charge in [0.05, 0.1) is 12.1 Å². The van der Waals surface area contributed by atoms with E-state index in [-0.39, 0.29) is 35.9 Å². The second kappa shape index (κ2) is 20.6. The molecule has 2 atom stereocenters. The number of nitrogens with zero attached hydrogens (tertiary/aromatic N) is 2. The maximum atomic E-state index is 14.0. The average Bonchev–Trinajstić information content (AvgIpc) is 3.35. The Morgan fingerprint density at radius 3 is 2.39 bits per heavy atom. The maximum absolute atomic E-state index is 14.0. The first kappa shape index (κ1) is 40.5. The molecule has 2 unspecified atom stereocenters. The number of aliphatic imine (C=N–C) groups is 2. The predicted molar refractivity (Wildman–Crippen MR) is 179 cm³/mol. The van der Waals surface area contributed by atoms with Crippen LogP contribution >= 0.6 is 0 Å². The fourth-order valence-electron chi connectivity index (χ4n) is 5.31. The maximum Gasteiger partial charge on any atom is 0.273 e. The van der Waals surface area contributed by atoms with E-state index in [0.29, 0.717) is 29.8 Å². The summed E-state index contributed by atoms with van der Waals surface area (Å²) in [6.45, 7) is 10.7. The van der Waals surface area contributed by atoms with Gasteiger partial charge in [-0.1, -0.05) is 77.8 Å². The molecule has 2 aromatic rings. The number of nitrogens with one attached hydrogen (secondary N) is 1. The summed E-state index contributed by atoms with van der Waals surface area (Å²) in [7, 11) is 0. The van der Waals surface area contributed by atoms with Crippen molar-refractivity contribution < 1.29 is 26.7 Å². The number of aryl methyl sites for hydroxylation is 3. The molecule has 46 heavy (non-hydrogen) atoms. The van der Waals surface area contributed by atoms with Crippen molar-refractivity contribution >= 4 is 17.7 Å². The van der Waals surface area contributed by atoms with Crippen LogP contribution in [-0.2, 0) is 23.6 Å². The lowest BCUT2D eigenvalue weighted by atomic mass is 9.93. The van der Waals surface area contributed by atoms with Gasteiger partial charge < -0.3 is 11.5 Å². The Labute approximate surface area is 271 Å². The van der Waals surface area contributed by atoms with Crippen LogP contribution in [0.4, 0.5) is 22.0 Å². The molecule has 0 aromatic heterocycles. The largest absolute Gasteiger partial charge is 0.383 e. The molecule has 5 N–H and O–H groups in total. The minimum atomic E-state index is -2.78. The molecule has 0 spiro atoms. The quantitative estimate of drug-likeness (QED) is 0.0981. The fourth-order valence-corrected chi connectivity index (χ4v) is 5.31. The third kappa shape index (κ3) is 12.7. The molecule has 1 amide bonds. The van der Waals surface area contributed by atoms with Crippen LogP contribution in [0.1, 0.15) is 119 Å². The summed E-state index contributed by atoms with van der Waals surface area (Å²) in [6.07, 6.45) is 3.30. The van der Waals surface area contributed by atoms with Crippen LogP contribution in [0.3, 0.4) is 0 Å². The molecule has 0 saturated carbocycles. The third-order valence-electron chi connectivity index (χ3n) is 7.44. The minimum Gasteiger partial charge on any atom is -0.383 e. The summed E-state index contributed by atoms with van der Waals surface area (Å²) in [6, 6.07) is 11.3. The number of hydrogen-bond donors (Lipinski definition) is 3. The van der Waals surface area contributed by atoms with E-state index in [1.165, 1.54) is 11.6 Å². The molecule has 0 fully saturated rings. The standard InChI is InChI=1S/C29H37F2N5O.C2H3F3.2C2H6/c1-3-6-25(35-27(32)21-11-12-24-20(16-21)13-14-29(24,30)31)23-15-19(10-9-18(23)2)7-4-5-8-22-17-26(37)36-28(33)34-22;3-1-2(4)5;2*1-2/h9-12,15-16,22,25H,3-8,13-14,17H2,1-2H3,(H2,32,35)(H3,33,34,36,37);2H,1H2;2*1-2H3. The van der Waals surface area contributed by atoms with Gasteiger partial charge in [-0.3, -0.25) is 15.1 Å². The second-order valence-electron chi connectivity index (χ2n) is 10.8. The lowest BCUT2D eigenvalue weighted by Gasteiger charge is -2.19. The normalized spacial score (nSPS) is 17.2. The van der Waals surface area contributed by atoms with E-state index in [9.17, 15) is 26.7 Å². The highest BCUT2D eigenvalue weighted by Gasteiger charge is 2.39. The zero-order chi connectivity index (χ0) is 34.9. The number of unbranched alkanes of at least 4 members (excludes halogenated alkanes) is 1. The van der Waals surface area contributed by atoms with Crippen molar-refractivity contribution in [3.63, 3.8) is 0 Å². The van der Waals surface area contributed by atoms with E-state index in [0.717, 1.165) is 49.7 Å². The lowest BCUT2D eigenvalue weighted by molar-refractivity contribution is -0.120. The highest BCUT2D eigenvalue weighted by Crippen LogP contribution is 2.41. The van der Waals surface area contributed by atoms with Gasteiger partial charge >= 0.3 is 0 Å². The van der Waals surface area contributed by atoms with Crippen LogP contribution in [0, 0.1) is 6.92 Å². The van der Waals surface area contributed by atoms with Crippen molar-refractivity contribution in [3.05, 3.63) is 69.8 Å². The van der Waals surface area contributed by atoms with Crippen LogP contribution in [0.2, 0.25) is 0 Å².